The fourth-order valence-corrected chi connectivity index (χ4v) is 3.32. The fourth-order valence-electron chi connectivity index (χ4n) is 3.32. The third-order valence-corrected chi connectivity index (χ3v) is 4.82. The van der Waals surface area contributed by atoms with E-state index in [2.05, 4.69) is 25.6 Å². The Morgan fingerprint density at radius 1 is 1.25 bits per heavy atom. The van der Waals surface area contributed by atoms with Gasteiger partial charge in [0.05, 0.1) is 17.6 Å². The normalized spacial score (nSPS) is 11.3. The van der Waals surface area contributed by atoms with Crippen molar-refractivity contribution >= 4 is 11.6 Å². The minimum absolute atomic E-state index is 0.249. The lowest BCUT2D eigenvalue weighted by molar-refractivity contribution is 0.0945. The second-order valence-electron chi connectivity index (χ2n) is 6.69. The molecule has 0 aliphatic carbocycles. The predicted molar refractivity (Wildman–Crippen MR) is 104 cm³/mol. The number of hydrogen-bond donors (Lipinski definition) is 1. The van der Waals surface area contributed by atoms with E-state index in [-0.39, 0.29) is 5.91 Å². The van der Waals surface area contributed by atoms with E-state index in [4.69, 9.17) is 0 Å². The average Bonchev–Trinajstić information content (AvgIpc) is 3.35. The lowest BCUT2D eigenvalue weighted by Gasteiger charge is -2.05. The van der Waals surface area contributed by atoms with Crippen LogP contribution in [0.2, 0.25) is 0 Å². The summed E-state index contributed by atoms with van der Waals surface area (Å²) in [6.45, 7) is 7.18. The van der Waals surface area contributed by atoms with E-state index in [0.29, 0.717) is 17.9 Å². The van der Waals surface area contributed by atoms with Crippen molar-refractivity contribution in [3.63, 3.8) is 0 Å². The van der Waals surface area contributed by atoms with Crippen LogP contribution in [0, 0.1) is 13.8 Å². The molecule has 0 aliphatic rings. The lowest BCUT2D eigenvalue weighted by Crippen LogP contribution is -2.23. The first kappa shape index (κ1) is 17.9. The molecule has 0 saturated carbocycles. The zero-order valence-corrected chi connectivity index (χ0v) is 16.3. The van der Waals surface area contributed by atoms with Crippen LogP contribution in [0.5, 0.6) is 0 Å². The van der Waals surface area contributed by atoms with Crippen LogP contribution in [0.1, 0.15) is 34.4 Å². The van der Waals surface area contributed by atoms with Crippen molar-refractivity contribution in [1.29, 1.82) is 0 Å². The Hall–Kier alpha value is -3.49. The quantitative estimate of drug-likeness (QED) is 0.572. The summed E-state index contributed by atoms with van der Waals surface area (Å²) in [4.78, 5) is 17.0. The van der Waals surface area contributed by atoms with Crippen LogP contribution < -0.4 is 5.32 Å². The van der Waals surface area contributed by atoms with Gasteiger partial charge in [0.1, 0.15) is 0 Å². The molecule has 0 unspecified atom stereocenters. The van der Waals surface area contributed by atoms with Gasteiger partial charge in [0, 0.05) is 55.4 Å². The number of carbonyl (C=O) groups excluding carboxylic acids is 1. The Morgan fingerprint density at radius 3 is 2.75 bits per heavy atom. The molecule has 4 aromatic rings. The van der Waals surface area contributed by atoms with Crippen molar-refractivity contribution in [3.8, 4) is 11.3 Å². The van der Waals surface area contributed by atoms with Crippen molar-refractivity contribution in [2.75, 3.05) is 0 Å². The van der Waals surface area contributed by atoms with Crippen molar-refractivity contribution in [2.24, 2.45) is 7.05 Å². The van der Waals surface area contributed by atoms with Gasteiger partial charge in [-0.25, -0.2) is 9.50 Å². The van der Waals surface area contributed by atoms with Gasteiger partial charge >= 0.3 is 0 Å². The zero-order valence-electron chi connectivity index (χ0n) is 16.3. The van der Waals surface area contributed by atoms with Crippen LogP contribution in [0.25, 0.3) is 16.9 Å². The maximum absolute atomic E-state index is 12.6. The van der Waals surface area contributed by atoms with Gasteiger partial charge in [-0.05, 0) is 26.8 Å². The summed E-state index contributed by atoms with van der Waals surface area (Å²) < 4.78 is 5.35. The minimum Gasteiger partial charge on any atom is -0.346 e. The number of hydrogen-bond acceptors (Lipinski definition) is 5. The monoisotopic (exact) mass is 378 g/mol. The summed E-state index contributed by atoms with van der Waals surface area (Å²) >= 11 is 0. The standard InChI is InChI=1S/C19H22N8O/c1-5-26-13(3)15(10-22-26)17-6-7-20-18-8-16(24-27(17)18)19(28)21-9-14-11-25(4)23-12(14)2/h6-8,10-11H,5,9H2,1-4H3,(H,21,28). The fraction of sp³-hybridized carbons (Fsp3) is 0.316. The Kier molecular flexibility index (Phi) is 4.42. The molecule has 0 aromatic carbocycles. The third-order valence-electron chi connectivity index (χ3n) is 4.82. The summed E-state index contributed by atoms with van der Waals surface area (Å²) in [5, 5.41) is 16.1. The van der Waals surface area contributed by atoms with E-state index in [0.717, 1.165) is 34.8 Å². The van der Waals surface area contributed by atoms with Crippen LogP contribution in [0.4, 0.5) is 0 Å². The highest BCUT2D eigenvalue weighted by molar-refractivity contribution is 5.93. The highest BCUT2D eigenvalue weighted by Crippen LogP contribution is 2.23. The second kappa shape index (κ2) is 6.91. The van der Waals surface area contributed by atoms with Crippen LogP contribution >= 0.6 is 0 Å². The molecule has 0 atom stereocenters. The summed E-state index contributed by atoms with van der Waals surface area (Å²) in [5.41, 5.74) is 5.67. The molecule has 4 aromatic heterocycles. The molecule has 9 heteroatoms. The van der Waals surface area contributed by atoms with E-state index in [1.807, 2.05) is 51.0 Å². The number of carbonyl (C=O) groups is 1. The summed E-state index contributed by atoms with van der Waals surface area (Å²) in [5.74, 6) is -0.249. The molecule has 0 radical (unpaired) electrons. The summed E-state index contributed by atoms with van der Waals surface area (Å²) in [6.07, 6.45) is 5.43. The van der Waals surface area contributed by atoms with Crippen molar-refractivity contribution in [3.05, 3.63) is 53.4 Å². The first-order valence-corrected chi connectivity index (χ1v) is 9.12. The maximum atomic E-state index is 12.6. The van der Waals surface area contributed by atoms with E-state index < -0.39 is 0 Å². The Balaban J connectivity index is 1.63. The predicted octanol–water partition coefficient (Wildman–Crippen LogP) is 1.89. The molecule has 0 spiro atoms. The van der Waals surface area contributed by atoms with Gasteiger partial charge in [-0.3, -0.25) is 14.2 Å². The molecule has 4 heterocycles. The average molecular weight is 378 g/mol. The largest absolute Gasteiger partial charge is 0.346 e. The molecular formula is C19H22N8O. The zero-order chi connectivity index (χ0) is 19.8. The molecule has 0 saturated heterocycles. The molecule has 0 aliphatic heterocycles. The van der Waals surface area contributed by atoms with Crippen LogP contribution in [0.3, 0.4) is 0 Å². The van der Waals surface area contributed by atoms with Crippen molar-refractivity contribution < 1.29 is 4.79 Å². The Bertz CT molecular complexity index is 1170. The number of rotatable bonds is 5. The number of aryl methyl sites for hydroxylation is 3. The number of nitrogens with zero attached hydrogens (tertiary/aromatic N) is 7. The van der Waals surface area contributed by atoms with Gasteiger partial charge in [-0.15, -0.1) is 0 Å². The third kappa shape index (κ3) is 3.04. The van der Waals surface area contributed by atoms with E-state index in [1.54, 1.807) is 21.5 Å². The van der Waals surface area contributed by atoms with E-state index >= 15 is 0 Å². The van der Waals surface area contributed by atoms with Gasteiger partial charge in [-0.2, -0.15) is 15.3 Å². The number of fused-ring (bicyclic) bond motifs is 1. The number of nitrogens with one attached hydrogen (secondary N) is 1. The number of aromatic nitrogens is 7. The SMILES string of the molecule is CCn1ncc(-c2ccnc3cc(C(=O)NCc4cn(C)nc4C)nn23)c1C. The molecule has 1 amide bonds. The molecule has 144 valence electrons. The molecule has 1 N–H and O–H groups in total. The molecule has 28 heavy (non-hydrogen) atoms. The minimum atomic E-state index is -0.249. The van der Waals surface area contributed by atoms with Gasteiger partial charge in [0.25, 0.3) is 5.91 Å². The first-order valence-electron chi connectivity index (χ1n) is 9.12. The van der Waals surface area contributed by atoms with Crippen molar-refractivity contribution in [1.82, 2.24) is 39.5 Å². The number of amides is 1. The van der Waals surface area contributed by atoms with Gasteiger partial charge < -0.3 is 5.32 Å². The van der Waals surface area contributed by atoms with Crippen LogP contribution in [0.15, 0.2) is 30.7 Å². The molecule has 0 fully saturated rings. The highest BCUT2D eigenvalue weighted by Gasteiger charge is 2.17. The first-order chi connectivity index (χ1) is 13.5. The Labute approximate surface area is 162 Å². The van der Waals surface area contributed by atoms with Crippen LogP contribution in [-0.4, -0.2) is 40.1 Å². The van der Waals surface area contributed by atoms with Crippen LogP contribution in [-0.2, 0) is 20.1 Å². The van der Waals surface area contributed by atoms with E-state index in [9.17, 15) is 4.79 Å². The molecule has 4 rings (SSSR count). The smallest absolute Gasteiger partial charge is 0.272 e. The Morgan fingerprint density at radius 2 is 2.07 bits per heavy atom. The highest BCUT2D eigenvalue weighted by atomic mass is 16.1. The van der Waals surface area contributed by atoms with Crippen molar-refractivity contribution in [2.45, 2.75) is 33.9 Å². The lowest BCUT2D eigenvalue weighted by atomic mass is 10.2. The topological polar surface area (TPSA) is 94.9 Å². The van der Waals surface area contributed by atoms with Gasteiger partial charge in [0.15, 0.2) is 11.3 Å². The summed E-state index contributed by atoms with van der Waals surface area (Å²) in [7, 11) is 1.86. The van der Waals surface area contributed by atoms with Gasteiger partial charge in [-0.1, -0.05) is 0 Å². The molecule has 0 bridgehead atoms. The second-order valence-corrected chi connectivity index (χ2v) is 6.69. The maximum Gasteiger partial charge on any atom is 0.272 e. The van der Waals surface area contributed by atoms with E-state index in [1.165, 1.54) is 0 Å². The van der Waals surface area contributed by atoms with Gasteiger partial charge in [0.2, 0.25) is 0 Å². The molecule has 9 nitrogen and oxygen atoms in total. The molecular weight excluding hydrogens is 356 g/mol. The summed E-state index contributed by atoms with van der Waals surface area (Å²) in [6, 6.07) is 3.57.